The fraction of sp³-hybridized carbons (Fsp3) is 0.588. The zero-order chi connectivity index (χ0) is 15.2. The van der Waals surface area contributed by atoms with E-state index in [1.54, 1.807) is 0 Å². The van der Waals surface area contributed by atoms with Crippen molar-refractivity contribution < 1.29 is 9.53 Å². The average Bonchev–Trinajstić information content (AvgIpc) is 2.53. The molecule has 2 N–H and O–H groups in total. The van der Waals surface area contributed by atoms with Gasteiger partial charge in [0.25, 0.3) is 0 Å². The third-order valence-corrected chi connectivity index (χ3v) is 4.33. The second-order valence-corrected chi connectivity index (χ2v) is 5.86. The normalized spacial score (nSPS) is 21.0. The lowest BCUT2D eigenvalue weighted by molar-refractivity contribution is -0.154. The maximum atomic E-state index is 12.4. The maximum Gasteiger partial charge on any atom is 0.323 e. The Bertz CT molecular complexity index is 458. The van der Waals surface area contributed by atoms with E-state index < -0.39 is 0 Å². The molecule has 4 heteroatoms. The van der Waals surface area contributed by atoms with Crippen molar-refractivity contribution in [3.63, 3.8) is 0 Å². The summed E-state index contributed by atoms with van der Waals surface area (Å²) in [4.78, 5) is 14.7. The van der Waals surface area contributed by atoms with E-state index in [1.807, 2.05) is 24.3 Å². The Morgan fingerprint density at radius 2 is 2.10 bits per heavy atom. The molecule has 2 atom stereocenters. The maximum absolute atomic E-state index is 12.4. The van der Waals surface area contributed by atoms with Crippen LogP contribution in [0.5, 0.6) is 0 Å². The van der Waals surface area contributed by atoms with E-state index >= 15 is 0 Å². The van der Waals surface area contributed by atoms with E-state index in [2.05, 4.69) is 18.7 Å². The summed E-state index contributed by atoms with van der Waals surface area (Å²) in [6.07, 6.45) is 4.24. The Hall–Kier alpha value is -1.55. The molecule has 0 aliphatic carbocycles. The number of nitrogens with zero attached hydrogens (tertiary/aromatic N) is 1. The van der Waals surface area contributed by atoms with Crippen LogP contribution in [0.25, 0.3) is 0 Å². The highest BCUT2D eigenvalue weighted by Crippen LogP contribution is 2.22. The molecule has 2 rings (SSSR count). The molecule has 1 heterocycles. The van der Waals surface area contributed by atoms with E-state index in [1.165, 1.54) is 6.42 Å². The molecule has 0 aromatic heterocycles. The lowest BCUT2D eigenvalue weighted by Gasteiger charge is -2.38. The number of piperidine rings is 1. The highest BCUT2D eigenvalue weighted by molar-refractivity contribution is 5.76. The second-order valence-electron chi connectivity index (χ2n) is 5.86. The fourth-order valence-corrected chi connectivity index (χ4v) is 2.83. The van der Waals surface area contributed by atoms with Gasteiger partial charge in [-0.25, -0.2) is 0 Å². The fourth-order valence-electron chi connectivity index (χ4n) is 2.83. The topological polar surface area (TPSA) is 55.6 Å². The van der Waals surface area contributed by atoms with Gasteiger partial charge in [-0.15, -0.1) is 0 Å². The number of hydrogen-bond acceptors (Lipinski definition) is 4. The Balaban J connectivity index is 1.92. The highest BCUT2D eigenvalue weighted by atomic mass is 16.5. The molecule has 1 aliphatic heterocycles. The van der Waals surface area contributed by atoms with Gasteiger partial charge in [0.15, 0.2) is 0 Å². The Morgan fingerprint density at radius 3 is 2.76 bits per heavy atom. The SMILES string of the molecule is CCC(C)N1CCCCC1C(=O)OCc1ccc(N)cc1. The number of rotatable bonds is 5. The van der Waals surface area contributed by atoms with Gasteiger partial charge < -0.3 is 10.5 Å². The van der Waals surface area contributed by atoms with E-state index in [0.717, 1.165) is 37.1 Å². The van der Waals surface area contributed by atoms with Crippen molar-refractivity contribution in [1.82, 2.24) is 4.90 Å². The molecule has 4 nitrogen and oxygen atoms in total. The number of carbonyl (C=O) groups excluding carboxylic acids is 1. The van der Waals surface area contributed by atoms with Crippen LogP contribution >= 0.6 is 0 Å². The number of esters is 1. The van der Waals surface area contributed by atoms with Crippen LogP contribution in [0.1, 0.15) is 45.1 Å². The van der Waals surface area contributed by atoms with Crippen LogP contribution in [-0.2, 0) is 16.1 Å². The van der Waals surface area contributed by atoms with Crippen LogP contribution in [0.15, 0.2) is 24.3 Å². The number of ether oxygens (including phenoxy) is 1. The van der Waals surface area contributed by atoms with Gasteiger partial charge in [0.1, 0.15) is 12.6 Å². The molecule has 2 unspecified atom stereocenters. The van der Waals surface area contributed by atoms with Crippen LogP contribution in [0.2, 0.25) is 0 Å². The Morgan fingerprint density at radius 1 is 1.38 bits per heavy atom. The quantitative estimate of drug-likeness (QED) is 0.669. The average molecular weight is 290 g/mol. The van der Waals surface area contributed by atoms with Gasteiger partial charge in [-0.05, 0) is 50.4 Å². The third kappa shape index (κ3) is 4.21. The van der Waals surface area contributed by atoms with Crippen molar-refractivity contribution in [3.05, 3.63) is 29.8 Å². The first-order chi connectivity index (χ1) is 10.1. The van der Waals surface area contributed by atoms with Crippen LogP contribution < -0.4 is 5.73 Å². The molecule has 116 valence electrons. The number of anilines is 1. The zero-order valence-electron chi connectivity index (χ0n) is 13.0. The van der Waals surface area contributed by atoms with E-state index in [9.17, 15) is 4.79 Å². The van der Waals surface area contributed by atoms with Gasteiger partial charge in [-0.3, -0.25) is 9.69 Å². The van der Waals surface area contributed by atoms with Crippen molar-refractivity contribution in [2.75, 3.05) is 12.3 Å². The second kappa shape index (κ2) is 7.46. The number of benzene rings is 1. The number of nitrogens with two attached hydrogens (primary N) is 1. The lowest BCUT2D eigenvalue weighted by Crippen LogP contribution is -2.49. The summed E-state index contributed by atoms with van der Waals surface area (Å²) in [5.41, 5.74) is 7.35. The Kier molecular flexibility index (Phi) is 5.62. The minimum atomic E-state index is -0.0909. The summed E-state index contributed by atoms with van der Waals surface area (Å²) in [7, 11) is 0. The standard InChI is InChI=1S/C17H26N2O2/c1-3-13(2)19-11-5-4-6-16(19)17(20)21-12-14-7-9-15(18)10-8-14/h7-10,13,16H,3-6,11-12,18H2,1-2H3. The third-order valence-electron chi connectivity index (χ3n) is 4.33. The number of nitrogen functional groups attached to an aromatic ring is 1. The summed E-state index contributed by atoms with van der Waals surface area (Å²) in [6.45, 7) is 5.67. The molecule has 0 spiro atoms. The van der Waals surface area contributed by atoms with Crippen molar-refractivity contribution in [1.29, 1.82) is 0 Å². The molecule has 1 aromatic rings. The van der Waals surface area contributed by atoms with Crippen LogP contribution in [0.4, 0.5) is 5.69 Å². The minimum Gasteiger partial charge on any atom is -0.460 e. The molecule has 0 bridgehead atoms. The number of likely N-dealkylation sites (tertiary alicyclic amines) is 1. The summed E-state index contributed by atoms with van der Waals surface area (Å²) in [5, 5.41) is 0. The molecule has 0 amide bonds. The number of hydrogen-bond donors (Lipinski definition) is 1. The summed E-state index contributed by atoms with van der Waals surface area (Å²) in [5.74, 6) is -0.0909. The van der Waals surface area contributed by atoms with Gasteiger partial charge in [-0.1, -0.05) is 25.5 Å². The minimum absolute atomic E-state index is 0.0810. The molecule has 1 saturated heterocycles. The van der Waals surface area contributed by atoms with Crippen LogP contribution in [0.3, 0.4) is 0 Å². The van der Waals surface area contributed by atoms with Crippen LogP contribution in [0, 0.1) is 0 Å². The monoisotopic (exact) mass is 290 g/mol. The van der Waals surface area contributed by atoms with Gasteiger partial charge in [0, 0.05) is 11.7 Å². The van der Waals surface area contributed by atoms with E-state index in [-0.39, 0.29) is 12.0 Å². The molecule has 1 fully saturated rings. The first-order valence-corrected chi connectivity index (χ1v) is 7.88. The van der Waals surface area contributed by atoms with Gasteiger partial charge in [-0.2, -0.15) is 0 Å². The largest absolute Gasteiger partial charge is 0.460 e. The smallest absolute Gasteiger partial charge is 0.323 e. The molecule has 1 aromatic carbocycles. The summed E-state index contributed by atoms with van der Waals surface area (Å²) in [6, 6.07) is 7.80. The van der Waals surface area contributed by atoms with Crippen molar-refractivity contribution in [2.45, 2.75) is 58.2 Å². The summed E-state index contributed by atoms with van der Waals surface area (Å²) >= 11 is 0. The zero-order valence-corrected chi connectivity index (χ0v) is 13.0. The first-order valence-electron chi connectivity index (χ1n) is 7.88. The van der Waals surface area contributed by atoms with E-state index in [0.29, 0.717) is 12.6 Å². The highest BCUT2D eigenvalue weighted by Gasteiger charge is 2.32. The van der Waals surface area contributed by atoms with Gasteiger partial charge in [0.05, 0.1) is 0 Å². The lowest BCUT2D eigenvalue weighted by atomic mass is 9.99. The van der Waals surface area contributed by atoms with Crippen molar-refractivity contribution in [2.24, 2.45) is 0 Å². The Labute approximate surface area is 127 Å². The molecule has 21 heavy (non-hydrogen) atoms. The molecular formula is C17H26N2O2. The molecular weight excluding hydrogens is 264 g/mol. The molecule has 0 saturated carbocycles. The predicted octanol–water partition coefficient (Wildman–Crippen LogP) is 2.97. The molecule has 1 aliphatic rings. The van der Waals surface area contributed by atoms with Gasteiger partial charge in [0.2, 0.25) is 0 Å². The van der Waals surface area contributed by atoms with Crippen molar-refractivity contribution >= 4 is 11.7 Å². The van der Waals surface area contributed by atoms with Gasteiger partial charge >= 0.3 is 5.97 Å². The first kappa shape index (κ1) is 15.8. The van der Waals surface area contributed by atoms with Crippen molar-refractivity contribution in [3.8, 4) is 0 Å². The predicted molar refractivity (Wildman–Crippen MR) is 84.7 cm³/mol. The van der Waals surface area contributed by atoms with E-state index in [4.69, 9.17) is 10.5 Å². The number of carbonyl (C=O) groups is 1. The summed E-state index contributed by atoms with van der Waals surface area (Å²) < 4.78 is 5.51. The van der Waals surface area contributed by atoms with Crippen LogP contribution in [-0.4, -0.2) is 29.5 Å². The molecule has 0 radical (unpaired) electrons.